The van der Waals surface area contributed by atoms with Gasteiger partial charge < -0.3 is 19.7 Å². The molecule has 0 radical (unpaired) electrons. The van der Waals surface area contributed by atoms with Crippen LogP contribution >= 0.6 is 0 Å². The molecule has 1 aliphatic heterocycles. The molecule has 0 aliphatic carbocycles. The Kier molecular flexibility index (Phi) is 5.06. The van der Waals surface area contributed by atoms with E-state index < -0.39 is 0 Å². The number of nitrogens with zero attached hydrogens (tertiary/aromatic N) is 3. The summed E-state index contributed by atoms with van der Waals surface area (Å²) in [5.41, 5.74) is 5.54. The Bertz CT molecular complexity index is 356. The van der Waals surface area contributed by atoms with Crippen molar-refractivity contribution in [2.45, 2.75) is 25.7 Å². The highest BCUT2D eigenvalue weighted by Crippen LogP contribution is 2.11. The van der Waals surface area contributed by atoms with Crippen LogP contribution in [0.4, 0.5) is 0 Å². The molecule has 0 aromatic carbocycles. The van der Waals surface area contributed by atoms with Crippen molar-refractivity contribution < 1.29 is 14.0 Å². The van der Waals surface area contributed by atoms with Crippen LogP contribution in [0.25, 0.3) is 0 Å². The molecule has 2 N–H and O–H groups in total. The number of hydrogen-bond acceptors (Lipinski definition) is 7. The second kappa shape index (κ2) is 6.79. The van der Waals surface area contributed by atoms with Crippen LogP contribution in [0.3, 0.4) is 0 Å². The molecule has 1 fully saturated rings. The SMILES string of the molecule is COCc1noc(CN2CCO[C@@H](CCN)C2)n1. The van der Waals surface area contributed by atoms with Crippen LogP contribution in [0.5, 0.6) is 0 Å². The zero-order chi connectivity index (χ0) is 12.8. The van der Waals surface area contributed by atoms with E-state index in [2.05, 4.69) is 15.0 Å². The lowest BCUT2D eigenvalue weighted by atomic mass is 10.2. The van der Waals surface area contributed by atoms with Crippen molar-refractivity contribution in [2.75, 3.05) is 33.4 Å². The molecule has 1 saturated heterocycles. The Labute approximate surface area is 106 Å². The van der Waals surface area contributed by atoms with Crippen LogP contribution < -0.4 is 5.73 Å². The van der Waals surface area contributed by atoms with Crippen LogP contribution in [-0.2, 0) is 22.6 Å². The highest BCUT2D eigenvalue weighted by Gasteiger charge is 2.21. The molecule has 1 atom stereocenters. The van der Waals surface area contributed by atoms with Gasteiger partial charge in [0, 0.05) is 20.2 Å². The average Bonchev–Trinajstić information content (AvgIpc) is 2.78. The van der Waals surface area contributed by atoms with E-state index in [0.29, 0.717) is 31.4 Å². The summed E-state index contributed by atoms with van der Waals surface area (Å²) in [4.78, 5) is 6.50. The third kappa shape index (κ3) is 3.74. The van der Waals surface area contributed by atoms with Crippen LogP contribution in [0.2, 0.25) is 0 Å². The Balaban J connectivity index is 1.84. The predicted octanol–water partition coefficient (Wildman–Crippen LogP) is -0.234. The normalized spacial score (nSPS) is 21.3. The molecule has 1 aromatic heterocycles. The van der Waals surface area contributed by atoms with E-state index in [1.807, 2.05) is 0 Å². The molecular formula is C11H20N4O3. The van der Waals surface area contributed by atoms with E-state index >= 15 is 0 Å². The van der Waals surface area contributed by atoms with Gasteiger partial charge in [0.05, 0.1) is 19.3 Å². The van der Waals surface area contributed by atoms with Crippen molar-refractivity contribution in [1.29, 1.82) is 0 Å². The maximum absolute atomic E-state index is 5.62. The van der Waals surface area contributed by atoms with E-state index in [4.69, 9.17) is 19.7 Å². The van der Waals surface area contributed by atoms with Crippen molar-refractivity contribution in [3.8, 4) is 0 Å². The minimum atomic E-state index is 0.213. The maximum atomic E-state index is 5.62. The van der Waals surface area contributed by atoms with E-state index in [1.165, 1.54) is 0 Å². The Morgan fingerprint density at radius 3 is 3.22 bits per heavy atom. The molecule has 1 aliphatic rings. The van der Waals surface area contributed by atoms with Gasteiger partial charge in [-0.3, -0.25) is 4.90 Å². The zero-order valence-electron chi connectivity index (χ0n) is 10.7. The summed E-state index contributed by atoms with van der Waals surface area (Å²) >= 11 is 0. The molecule has 7 nitrogen and oxygen atoms in total. The summed E-state index contributed by atoms with van der Waals surface area (Å²) in [6.07, 6.45) is 1.10. The Morgan fingerprint density at radius 1 is 1.56 bits per heavy atom. The zero-order valence-corrected chi connectivity index (χ0v) is 10.7. The molecule has 2 rings (SSSR count). The third-order valence-corrected chi connectivity index (χ3v) is 2.85. The first-order chi connectivity index (χ1) is 8.81. The summed E-state index contributed by atoms with van der Waals surface area (Å²) in [6.45, 7) is 4.15. The fourth-order valence-electron chi connectivity index (χ4n) is 2.02. The Hall–Kier alpha value is -1.02. The molecule has 18 heavy (non-hydrogen) atoms. The van der Waals surface area contributed by atoms with Crippen molar-refractivity contribution in [3.05, 3.63) is 11.7 Å². The van der Waals surface area contributed by atoms with Crippen molar-refractivity contribution in [3.63, 3.8) is 0 Å². The number of hydrogen-bond donors (Lipinski definition) is 1. The number of morpholine rings is 1. The van der Waals surface area contributed by atoms with Gasteiger partial charge in [-0.2, -0.15) is 4.98 Å². The number of methoxy groups -OCH3 is 1. The lowest BCUT2D eigenvalue weighted by Gasteiger charge is -2.31. The van der Waals surface area contributed by atoms with Crippen molar-refractivity contribution in [1.82, 2.24) is 15.0 Å². The highest BCUT2D eigenvalue weighted by atomic mass is 16.5. The van der Waals surface area contributed by atoms with Crippen molar-refractivity contribution in [2.24, 2.45) is 5.73 Å². The molecule has 0 amide bonds. The van der Waals surface area contributed by atoms with E-state index in [9.17, 15) is 0 Å². The molecule has 102 valence electrons. The average molecular weight is 256 g/mol. The summed E-state index contributed by atoms with van der Waals surface area (Å²) in [5, 5.41) is 3.84. The fraction of sp³-hybridized carbons (Fsp3) is 0.818. The second-order valence-corrected chi connectivity index (χ2v) is 4.34. The molecule has 7 heteroatoms. The third-order valence-electron chi connectivity index (χ3n) is 2.85. The van der Waals surface area contributed by atoms with E-state index in [1.54, 1.807) is 7.11 Å². The smallest absolute Gasteiger partial charge is 0.240 e. The second-order valence-electron chi connectivity index (χ2n) is 4.34. The number of aromatic nitrogens is 2. The molecule has 0 unspecified atom stereocenters. The van der Waals surface area contributed by atoms with Crippen LogP contribution in [-0.4, -0.2) is 54.5 Å². The van der Waals surface area contributed by atoms with Crippen LogP contribution in [0.15, 0.2) is 4.52 Å². The van der Waals surface area contributed by atoms with Crippen molar-refractivity contribution >= 4 is 0 Å². The minimum absolute atomic E-state index is 0.213. The minimum Gasteiger partial charge on any atom is -0.377 e. The topological polar surface area (TPSA) is 86.6 Å². The Morgan fingerprint density at radius 2 is 2.44 bits per heavy atom. The first kappa shape index (κ1) is 13.4. The monoisotopic (exact) mass is 256 g/mol. The maximum Gasteiger partial charge on any atom is 0.240 e. The predicted molar refractivity (Wildman–Crippen MR) is 63.7 cm³/mol. The van der Waals surface area contributed by atoms with Gasteiger partial charge in [-0.25, -0.2) is 0 Å². The van der Waals surface area contributed by atoms with Gasteiger partial charge >= 0.3 is 0 Å². The summed E-state index contributed by atoms with van der Waals surface area (Å²) in [5.74, 6) is 1.20. The molecule has 0 spiro atoms. The number of ether oxygens (including phenoxy) is 2. The fourth-order valence-corrected chi connectivity index (χ4v) is 2.02. The molecule has 1 aromatic rings. The van der Waals surface area contributed by atoms with E-state index in [-0.39, 0.29) is 6.10 Å². The molecule has 2 heterocycles. The summed E-state index contributed by atoms with van der Waals surface area (Å²) in [7, 11) is 1.61. The quantitative estimate of drug-likeness (QED) is 0.752. The highest BCUT2D eigenvalue weighted by molar-refractivity contribution is 4.85. The lowest BCUT2D eigenvalue weighted by molar-refractivity contribution is -0.0361. The summed E-state index contributed by atoms with van der Waals surface area (Å²) in [6, 6.07) is 0. The van der Waals surface area contributed by atoms with Gasteiger partial charge in [0.1, 0.15) is 6.61 Å². The standard InChI is InChI=1S/C11H20N4O3/c1-16-8-10-13-11(18-14-10)7-15-4-5-17-9(6-15)2-3-12/h9H,2-8,12H2,1H3/t9-/m0/s1. The van der Waals surface area contributed by atoms with Gasteiger partial charge in [0.15, 0.2) is 5.82 Å². The molecular weight excluding hydrogens is 236 g/mol. The van der Waals surface area contributed by atoms with Gasteiger partial charge in [-0.05, 0) is 13.0 Å². The van der Waals surface area contributed by atoms with Gasteiger partial charge in [-0.1, -0.05) is 5.16 Å². The molecule has 0 saturated carbocycles. The van der Waals surface area contributed by atoms with Gasteiger partial charge in [0.25, 0.3) is 0 Å². The van der Waals surface area contributed by atoms with Crippen LogP contribution in [0.1, 0.15) is 18.1 Å². The first-order valence-electron chi connectivity index (χ1n) is 6.16. The van der Waals surface area contributed by atoms with Gasteiger partial charge in [-0.15, -0.1) is 0 Å². The first-order valence-corrected chi connectivity index (χ1v) is 6.16. The largest absolute Gasteiger partial charge is 0.377 e. The lowest BCUT2D eigenvalue weighted by Crippen LogP contribution is -2.42. The number of nitrogens with two attached hydrogens (primary N) is 1. The number of rotatable bonds is 6. The molecule has 0 bridgehead atoms. The van der Waals surface area contributed by atoms with Gasteiger partial charge in [0.2, 0.25) is 5.89 Å². The van der Waals surface area contributed by atoms with Crippen LogP contribution in [0, 0.1) is 0 Å². The summed E-state index contributed by atoms with van der Waals surface area (Å²) < 4.78 is 15.7. The van der Waals surface area contributed by atoms with E-state index in [0.717, 1.165) is 26.1 Å².